The van der Waals surface area contributed by atoms with Crippen molar-refractivity contribution in [2.24, 2.45) is 0 Å². The number of carbonyl (C=O) groups excluding carboxylic acids is 1. The number of rotatable bonds is 5. The van der Waals surface area contributed by atoms with Crippen LogP contribution >= 0.6 is 22.9 Å². The normalized spacial score (nSPS) is 16.6. The summed E-state index contributed by atoms with van der Waals surface area (Å²) >= 11 is 8.06. The number of nitrogens with one attached hydrogen (secondary N) is 1. The van der Waals surface area contributed by atoms with E-state index in [1.807, 2.05) is 39.6 Å². The molecule has 44 heavy (non-hydrogen) atoms. The lowest BCUT2D eigenvalue weighted by atomic mass is 9.93. The van der Waals surface area contributed by atoms with Crippen molar-refractivity contribution in [3.63, 3.8) is 0 Å². The summed E-state index contributed by atoms with van der Waals surface area (Å²) in [6.07, 6.45) is 0.264. The second kappa shape index (κ2) is 11.6. The molecule has 0 bridgehead atoms. The van der Waals surface area contributed by atoms with Gasteiger partial charge < -0.3 is 24.6 Å². The number of ether oxygens (including phenoxy) is 2. The van der Waals surface area contributed by atoms with Crippen LogP contribution in [0.5, 0.6) is 6.01 Å². The summed E-state index contributed by atoms with van der Waals surface area (Å²) in [5, 5.41) is 25.0. The van der Waals surface area contributed by atoms with Gasteiger partial charge in [-0.05, 0) is 51.8 Å². The molecule has 2 aromatic carbocycles. The molecule has 5 rings (SSSR count). The highest BCUT2D eigenvalue weighted by Crippen LogP contribution is 2.47. The van der Waals surface area contributed by atoms with Crippen LogP contribution in [-0.2, 0) is 4.74 Å². The number of fused-ring (bicyclic) bond motifs is 2. The molecule has 1 fully saturated rings. The second-order valence-corrected chi connectivity index (χ2v) is 12.9. The predicted molar refractivity (Wildman–Crippen MR) is 170 cm³/mol. The Hall–Kier alpha value is -4.39. The van der Waals surface area contributed by atoms with Gasteiger partial charge in [0.15, 0.2) is 0 Å². The van der Waals surface area contributed by atoms with E-state index in [1.165, 1.54) is 19.2 Å². The maximum atomic E-state index is 15.0. The van der Waals surface area contributed by atoms with Crippen molar-refractivity contribution in [3.05, 3.63) is 40.2 Å². The molecular formula is C31H31ClFN7O3S. The fraction of sp³-hybridized carbons (Fsp3) is 0.387. The van der Waals surface area contributed by atoms with Crippen LogP contribution in [0, 0.1) is 28.5 Å². The maximum Gasteiger partial charge on any atom is 0.410 e. The van der Waals surface area contributed by atoms with Crippen molar-refractivity contribution in [1.29, 1.82) is 10.5 Å². The van der Waals surface area contributed by atoms with Crippen molar-refractivity contribution in [1.82, 2.24) is 14.9 Å². The number of nitriles is 2. The molecule has 228 valence electrons. The molecule has 0 radical (unpaired) electrons. The summed E-state index contributed by atoms with van der Waals surface area (Å²) in [6.45, 7) is 7.94. The Kier molecular flexibility index (Phi) is 8.19. The highest BCUT2D eigenvalue weighted by Gasteiger charge is 2.39. The minimum Gasteiger partial charge on any atom is -0.467 e. The van der Waals surface area contributed by atoms with E-state index in [2.05, 4.69) is 27.4 Å². The van der Waals surface area contributed by atoms with Crippen LogP contribution in [0.25, 0.3) is 32.1 Å². The third-order valence-electron chi connectivity index (χ3n) is 7.77. The van der Waals surface area contributed by atoms with Gasteiger partial charge in [-0.2, -0.15) is 20.5 Å². The van der Waals surface area contributed by atoms with Gasteiger partial charge in [0, 0.05) is 37.0 Å². The number of likely N-dealkylation sites (tertiary alicyclic amines) is 1. The summed E-state index contributed by atoms with van der Waals surface area (Å²) in [6, 6.07) is 8.59. The Morgan fingerprint density at radius 3 is 2.57 bits per heavy atom. The number of carbonyl (C=O) groups is 1. The number of likely N-dealkylation sites (N-methyl/N-ethyl adjacent to an activating group) is 1. The SMILES string of the molecule is CNc1sc2c(F)ccc(-c3c(Cl)cc4c(N(C)C5CCN(C(=O)OC(C)(C)C)C5C)nc(OC)nc4c3C#N)c2c1C#N. The molecule has 10 nitrogen and oxygen atoms in total. The third-order valence-corrected chi connectivity index (χ3v) is 9.28. The molecular weight excluding hydrogens is 605 g/mol. The van der Waals surface area contributed by atoms with Crippen molar-refractivity contribution in [3.8, 4) is 29.3 Å². The summed E-state index contributed by atoms with van der Waals surface area (Å²) in [7, 11) is 4.96. The van der Waals surface area contributed by atoms with Gasteiger partial charge in [-0.15, -0.1) is 11.3 Å². The summed E-state index contributed by atoms with van der Waals surface area (Å²) < 4.78 is 26.3. The van der Waals surface area contributed by atoms with E-state index in [0.717, 1.165) is 11.3 Å². The topological polar surface area (TPSA) is 127 Å². The van der Waals surface area contributed by atoms with Gasteiger partial charge in [0.25, 0.3) is 0 Å². The first-order valence-corrected chi connectivity index (χ1v) is 15.1. The first-order chi connectivity index (χ1) is 20.8. The average molecular weight is 636 g/mol. The van der Waals surface area contributed by atoms with E-state index >= 15 is 0 Å². The quantitative estimate of drug-likeness (QED) is 0.248. The van der Waals surface area contributed by atoms with Gasteiger partial charge in [-0.25, -0.2) is 9.18 Å². The Morgan fingerprint density at radius 1 is 1.25 bits per heavy atom. The molecule has 4 aromatic rings. The van der Waals surface area contributed by atoms with Gasteiger partial charge in [0.1, 0.15) is 34.4 Å². The van der Waals surface area contributed by atoms with Gasteiger partial charge in [-0.1, -0.05) is 17.7 Å². The number of amides is 1. The number of aromatic nitrogens is 2. The highest BCUT2D eigenvalue weighted by atomic mass is 35.5. The number of nitrogens with zero attached hydrogens (tertiary/aromatic N) is 6. The highest BCUT2D eigenvalue weighted by molar-refractivity contribution is 7.23. The maximum absolute atomic E-state index is 15.0. The zero-order valence-electron chi connectivity index (χ0n) is 25.4. The van der Waals surface area contributed by atoms with Crippen LogP contribution in [0.4, 0.5) is 20.0 Å². The van der Waals surface area contributed by atoms with E-state index in [9.17, 15) is 19.7 Å². The average Bonchev–Trinajstić information content (AvgIpc) is 3.56. The molecule has 1 amide bonds. The lowest BCUT2D eigenvalue weighted by molar-refractivity contribution is 0.0233. The number of hydrogen-bond donors (Lipinski definition) is 1. The van der Waals surface area contributed by atoms with Crippen LogP contribution in [0.1, 0.15) is 45.2 Å². The summed E-state index contributed by atoms with van der Waals surface area (Å²) in [5.74, 6) is -0.0177. The molecule has 0 aliphatic carbocycles. The van der Waals surface area contributed by atoms with Gasteiger partial charge in [0.05, 0.1) is 45.6 Å². The molecule has 1 saturated heterocycles. The monoisotopic (exact) mass is 635 g/mol. The minimum atomic E-state index is -0.624. The number of thiophene rings is 1. The lowest BCUT2D eigenvalue weighted by Crippen LogP contribution is -2.45. The first kappa shape index (κ1) is 31.0. The number of methoxy groups -OCH3 is 1. The Labute approximate surface area is 263 Å². The molecule has 1 aliphatic heterocycles. The van der Waals surface area contributed by atoms with E-state index < -0.39 is 11.4 Å². The zero-order valence-corrected chi connectivity index (χ0v) is 26.9. The fourth-order valence-electron chi connectivity index (χ4n) is 5.77. The van der Waals surface area contributed by atoms with Crippen LogP contribution < -0.4 is 15.0 Å². The van der Waals surface area contributed by atoms with E-state index in [-0.39, 0.29) is 50.6 Å². The second-order valence-electron chi connectivity index (χ2n) is 11.5. The van der Waals surface area contributed by atoms with Crippen molar-refractivity contribution in [2.45, 2.75) is 51.8 Å². The summed E-state index contributed by atoms with van der Waals surface area (Å²) in [5.41, 5.74) is 0.808. The predicted octanol–water partition coefficient (Wildman–Crippen LogP) is 6.93. The zero-order chi connectivity index (χ0) is 32.1. The van der Waals surface area contributed by atoms with Gasteiger partial charge in [-0.3, -0.25) is 0 Å². The van der Waals surface area contributed by atoms with Crippen LogP contribution in [-0.4, -0.2) is 66.4 Å². The standard InChI is InChI=1S/C31H31ClFN7O3S/c1-15-22(10-11-40(15)30(41)43-31(2,3)4)39(6)27-17-12-20(32)23(18(13-34)25(17)37-29(38-27)42-7)16-8-9-21(33)26-24(16)19(14-35)28(36-5)44-26/h8-9,12,15,22,36H,10-11H2,1-7H3. The molecule has 0 spiro atoms. The first-order valence-electron chi connectivity index (χ1n) is 13.9. The number of halogens is 2. The summed E-state index contributed by atoms with van der Waals surface area (Å²) in [4.78, 5) is 25.7. The number of hydrogen-bond acceptors (Lipinski definition) is 10. The number of benzene rings is 2. The minimum absolute atomic E-state index is 0.0359. The van der Waals surface area contributed by atoms with Gasteiger partial charge in [0.2, 0.25) is 0 Å². The molecule has 2 unspecified atom stereocenters. The smallest absolute Gasteiger partial charge is 0.410 e. The van der Waals surface area contributed by atoms with Crippen LogP contribution in [0.15, 0.2) is 18.2 Å². The molecule has 1 N–H and O–H groups in total. The molecule has 2 aromatic heterocycles. The molecule has 0 saturated carbocycles. The van der Waals surface area contributed by atoms with E-state index in [0.29, 0.717) is 45.7 Å². The van der Waals surface area contributed by atoms with E-state index in [1.54, 1.807) is 18.0 Å². The molecule has 2 atom stereocenters. The molecule has 3 heterocycles. The van der Waals surface area contributed by atoms with Gasteiger partial charge >= 0.3 is 12.1 Å². The Balaban J connectivity index is 1.69. The molecule has 13 heteroatoms. The fourth-order valence-corrected chi connectivity index (χ4v) is 7.11. The van der Waals surface area contributed by atoms with Crippen molar-refractivity contribution >= 4 is 60.8 Å². The Morgan fingerprint density at radius 2 is 1.95 bits per heavy atom. The van der Waals surface area contributed by atoms with Crippen LogP contribution in [0.2, 0.25) is 5.02 Å². The molecule has 1 aliphatic rings. The van der Waals surface area contributed by atoms with E-state index in [4.69, 9.17) is 21.1 Å². The lowest BCUT2D eigenvalue weighted by Gasteiger charge is -2.33. The number of anilines is 2. The third kappa shape index (κ3) is 5.18. The van der Waals surface area contributed by atoms with Crippen molar-refractivity contribution in [2.75, 3.05) is 38.0 Å². The Bertz CT molecular complexity index is 1890. The van der Waals surface area contributed by atoms with Crippen LogP contribution in [0.3, 0.4) is 0 Å². The largest absolute Gasteiger partial charge is 0.467 e. The van der Waals surface area contributed by atoms with Crippen molar-refractivity contribution < 1.29 is 18.7 Å².